The van der Waals surface area contributed by atoms with Crippen molar-refractivity contribution in [1.29, 1.82) is 0 Å². The quantitative estimate of drug-likeness (QED) is 0.528. The molecule has 4 aliphatic carbocycles. The van der Waals surface area contributed by atoms with Crippen molar-refractivity contribution in [2.45, 2.75) is 12.8 Å². The Bertz CT molecular complexity index is 532. The molecule has 4 rings (SSSR count). The van der Waals surface area contributed by atoms with Crippen molar-refractivity contribution in [3.8, 4) is 0 Å². The second kappa shape index (κ2) is 2.98. The van der Waals surface area contributed by atoms with E-state index in [2.05, 4.69) is 48.6 Å². The molecule has 0 aromatic rings. The van der Waals surface area contributed by atoms with E-state index in [1.807, 2.05) is 0 Å². The Balaban J connectivity index is 1.99. The molecule has 0 saturated heterocycles. The maximum absolute atomic E-state index is 2.38. The predicted molar refractivity (Wildman–Crippen MR) is 66.8 cm³/mol. The first-order chi connectivity index (χ1) is 7.93. The van der Waals surface area contributed by atoms with Crippen molar-refractivity contribution in [1.82, 2.24) is 0 Å². The molecular formula is C16H14. The zero-order valence-electron chi connectivity index (χ0n) is 9.19. The van der Waals surface area contributed by atoms with Crippen LogP contribution in [0.1, 0.15) is 12.8 Å². The van der Waals surface area contributed by atoms with Gasteiger partial charge in [-0.15, -0.1) is 0 Å². The summed E-state index contributed by atoms with van der Waals surface area (Å²) < 4.78 is 0. The van der Waals surface area contributed by atoms with Crippen molar-refractivity contribution in [2.24, 2.45) is 11.8 Å². The molecule has 0 aliphatic heterocycles. The highest BCUT2D eigenvalue weighted by atomic mass is 14.4. The Labute approximate surface area is 96.1 Å². The molecule has 2 unspecified atom stereocenters. The SMILES string of the molecule is C1=CC2=C3C(=CC=C4CC=CC(C=C2)C43)C1. The van der Waals surface area contributed by atoms with Gasteiger partial charge < -0.3 is 0 Å². The fraction of sp³-hybridized carbons (Fsp3) is 0.250. The van der Waals surface area contributed by atoms with E-state index >= 15 is 0 Å². The zero-order chi connectivity index (χ0) is 10.5. The Morgan fingerprint density at radius 1 is 0.938 bits per heavy atom. The molecule has 0 bridgehead atoms. The summed E-state index contributed by atoms with van der Waals surface area (Å²) in [7, 11) is 0. The molecule has 0 saturated carbocycles. The molecule has 0 heteroatoms. The molecule has 0 fully saturated rings. The summed E-state index contributed by atoms with van der Waals surface area (Å²) in [4.78, 5) is 0. The number of allylic oxidation sites excluding steroid dienone is 12. The first kappa shape index (κ1) is 8.58. The van der Waals surface area contributed by atoms with Crippen LogP contribution in [0.25, 0.3) is 0 Å². The third-order valence-corrected chi connectivity index (χ3v) is 4.10. The highest BCUT2D eigenvalue weighted by Gasteiger charge is 2.34. The molecular weight excluding hydrogens is 192 g/mol. The van der Waals surface area contributed by atoms with Crippen molar-refractivity contribution < 1.29 is 0 Å². The lowest BCUT2D eigenvalue weighted by Crippen LogP contribution is -2.26. The van der Waals surface area contributed by atoms with Gasteiger partial charge >= 0.3 is 0 Å². The van der Waals surface area contributed by atoms with Crippen LogP contribution in [-0.4, -0.2) is 0 Å². The van der Waals surface area contributed by atoms with Gasteiger partial charge in [-0.25, -0.2) is 0 Å². The van der Waals surface area contributed by atoms with Crippen LogP contribution in [0.4, 0.5) is 0 Å². The summed E-state index contributed by atoms with van der Waals surface area (Å²) in [6, 6.07) is 0. The summed E-state index contributed by atoms with van der Waals surface area (Å²) in [5.74, 6) is 1.25. The van der Waals surface area contributed by atoms with Crippen molar-refractivity contribution in [3.05, 3.63) is 70.9 Å². The van der Waals surface area contributed by atoms with Crippen LogP contribution in [0.15, 0.2) is 70.9 Å². The zero-order valence-corrected chi connectivity index (χ0v) is 9.19. The van der Waals surface area contributed by atoms with Gasteiger partial charge in [-0.1, -0.05) is 54.2 Å². The molecule has 4 aliphatic rings. The van der Waals surface area contributed by atoms with E-state index in [4.69, 9.17) is 0 Å². The minimum absolute atomic E-state index is 0.606. The van der Waals surface area contributed by atoms with Gasteiger partial charge in [-0.3, -0.25) is 0 Å². The molecule has 0 radical (unpaired) electrons. The summed E-state index contributed by atoms with van der Waals surface area (Å²) in [5, 5.41) is 0. The molecule has 16 heavy (non-hydrogen) atoms. The minimum Gasteiger partial charge on any atom is -0.0838 e. The lowest BCUT2D eigenvalue weighted by molar-refractivity contribution is 0.562. The normalized spacial score (nSPS) is 33.5. The van der Waals surface area contributed by atoms with Crippen LogP contribution >= 0.6 is 0 Å². The van der Waals surface area contributed by atoms with Gasteiger partial charge in [0.05, 0.1) is 0 Å². The Morgan fingerprint density at radius 3 is 2.94 bits per heavy atom. The van der Waals surface area contributed by atoms with E-state index in [0.717, 1.165) is 12.8 Å². The number of hydrogen-bond acceptors (Lipinski definition) is 0. The van der Waals surface area contributed by atoms with Crippen molar-refractivity contribution in [3.63, 3.8) is 0 Å². The number of rotatable bonds is 0. The molecule has 0 heterocycles. The van der Waals surface area contributed by atoms with Gasteiger partial charge in [0.15, 0.2) is 0 Å². The Hall–Kier alpha value is -1.56. The monoisotopic (exact) mass is 206 g/mol. The van der Waals surface area contributed by atoms with Crippen molar-refractivity contribution in [2.75, 3.05) is 0 Å². The van der Waals surface area contributed by atoms with Crippen LogP contribution in [0.3, 0.4) is 0 Å². The summed E-state index contributed by atoms with van der Waals surface area (Å²) in [6.07, 6.45) is 20.9. The van der Waals surface area contributed by atoms with Gasteiger partial charge in [-0.05, 0) is 29.6 Å². The lowest BCUT2D eigenvalue weighted by atomic mass is 9.65. The Kier molecular flexibility index (Phi) is 1.59. The van der Waals surface area contributed by atoms with Crippen LogP contribution in [0.5, 0.6) is 0 Å². The lowest BCUT2D eigenvalue weighted by Gasteiger charge is -2.38. The average molecular weight is 206 g/mol. The van der Waals surface area contributed by atoms with Crippen LogP contribution < -0.4 is 0 Å². The van der Waals surface area contributed by atoms with Gasteiger partial charge in [0.25, 0.3) is 0 Å². The first-order valence-electron chi connectivity index (χ1n) is 6.09. The number of hydrogen-bond donors (Lipinski definition) is 0. The largest absolute Gasteiger partial charge is 0.0838 e. The molecule has 0 amide bonds. The Morgan fingerprint density at radius 2 is 1.94 bits per heavy atom. The van der Waals surface area contributed by atoms with E-state index in [0.29, 0.717) is 11.8 Å². The molecule has 2 atom stereocenters. The van der Waals surface area contributed by atoms with Crippen LogP contribution in [0.2, 0.25) is 0 Å². The molecule has 0 N–H and O–H groups in total. The van der Waals surface area contributed by atoms with E-state index in [1.54, 1.807) is 11.1 Å². The van der Waals surface area contributed by atoms with Crippen LogP contribution in [0, 0.1) is 11.8 Å². The summed E-state index contributed by atoms with van der Waals surface area (Å²) in [5.41, 5.74) is 6.19. The smallest absolute Gasteiger partial charge is 0.0161 e. The third-order valence-electron chi connectivity index (χ3n) is 4.10. The molecule has 0 spiro atoms. The minimum atomic E-state index is 0.606. The van der Waals surface area contributed by atoms with E-state index in [1.165, 1.54) is 11.1 Å². The fourth-order valence-electron chi connectivity index (χ4n) is 3.37. The van der Waals surface area contributed by atoms with Crippen LogP contribution in [-0.2, 0) is 0 Å². The third kappa shape index (κ3) is 0.996. The maximum atomic E-state index is 2.38. The first-order valence-corrected chi connectivity index (χ1v) is 6.09. The average Bonchev–Trinajstić information content (AvgIpc) is 2.36. The topological polar surface area (TPSA) is 0 Å². The standard InChI is InChI=1S/C16H14/c1-3-11-7-9-13-5-2-6-14-10-8-12(4-1)15(11)16(13)14/h1-3,5,7-11,15H,4,6H2. The highest BCUT2D eigenvalue weighted by molar-refractivity contribution is 5.60. The van der Waals surface area contributed by atoms with Crippen molar-refractivity contribution >= 4 is 0 Å². The van der Waals surface area contributed by atoms with Gasteiger partial charge in [0.2, 0.25) is 0 Å². The highest BCUT2D eigenvalue weighted by Crippen LogP contribution is 2.47. The molecule has 78 valence electrons. The molecule has 0 aromatic carbocycles. The van der Waals surface area contributed by atoms with Gasteiger partial charge in [-0.2, -0.15) is 0 Å². The molecule has 0 aromatic heterocycles. The summed E-state index contributed by atoms with van der Waals surface area (Å²) in [6.45, 7) is 0. The van der Waals surface area contributed by atoms with E-state index in [-0.39, 0.29) is 0 Å². The van der Waals surface area contributed by atoms with Gasteiger partial charge in [0.1, 0.15) is 0 Å². The second-order valence-electron chi connectivity index (χ2n) is 4.96. The molecule has 0 nitrogen and oxygen atoms in total. The predicted octanol–water partition coefficient (Wildman–Crippen LogP) is 3.87. The van der Waals surface area contributed by atoms with E-state index < -0.39 is 0 Å². The van der Waals surface area contributed by atoms with E-state index in [9.17, 15) is 0 Å². The second-order valence-corrected chi connectivity index (χ2v) is 4.96. The maximum Gasteiger partial charge on any atom is 0.0161 e. The van der Waals surface area contributed by atoms with Gasteiger partial charge in [0, 0.05) is 11.8 Å². The summed E-state index contributed by atoms with van der Waals surface area (Å²) >= 11 is 0. The fourth-order valence-corrected chi connectivity index (χ4v) is 3.37.